The van der Waals surface area contributed by atoms with E-state index >= 15 is 0 Å². The summed E-state index contributed by atoms with van der Waals surface area (Å²) in [5, 5.41) is 6.53. The molecule has 1 unspecified atom stereocenters. The molecule has 3 heteroatoms. The summed E-state index contributed by atoms with van der Waals surface area (Å²) in [4.78, 5) is 12.1. The van der Waals surface area contributed by atoms with Crippen molar-refractivity contribution < 1.29 is 4.79 Å². The number of carbonyl (C=O) groups is 1. The van der Waals surface area contributed by atoms with Crippen LogP contribution < -0.4 is 10.6 Å². The Labute approximate surface area is 105 Å². The highest BCUT2D eigenvalue weighted by molar-refractivity contribution is 5.81. The molecule has 1 heterocycles. The van der Waals surface area contributed by atoms with Crippen molar-refractivity contribution in [2.24, 2.45) is 5.41 Å². The third-order valence-corrected chi connectivity index (χ3v) is 4.68. The summed E-state index contributed by atoms with van der Waals surface area (Å²) in [6.45, 7) is 4.13. The van der Waals surface area contributed by atoms with Crippen LogP contribution in [-0.2, 0) is 4.79 Å². The molecule has 2 fully saturated rings. The van der Waals surface area contributed by atoms with Gasteiger partial charge in [0.1, 0.15) is 0 Å². The molecule has 1 amide bonds. The minimum atomic E-state index is 0.0616. The molecular weight excluding hydrogens is 212 g/mol. The molecule has 1 aliphatic carbocycles. The van der Waals surface area contributed by atoms with E-state index < -0.39 is 0 Å². The molecule has 17 heavy (non-hydrogen) atoms. The highest BCUT2D eigenvalue weighted by Gasteiger charge is 2.35. The molecule has 0 radical (unpaired) electrons. The lowest BCUT2D eigenvalue weighted by Crippen LogP contribution is -2.48. The lowest BCUT2D eigenvalue weighted by molar-refractivity contribution is -0.124. The Morgan fingerprint density at radius 3 is 2.76 bits per heavy atom. The van der Waals surface area contributed by atoms with Gasteiger partial charge in [-0.25, -0.2) is 0 Å². The van der Waals surface area contributed by atoms with Crippen LogP contribution in [0.25, 0.3) is 0 Å². The van der Waals surface area contributed by atoms with Crippen molar-refractivity contribution in [1.82, 2.24) is 10.6 Å². The van der Waals surface area contributed by atoms with Crippen LogP contribution in [-0.4, -0.2) is 25.0 Å². The van der Waals surface area contributed by atoms with Gasteiger partial charge in [-0.05, 0) is 44.1 Å². The smallest absolute Gasteiger partial charge is 0.237 e. The fourth-order valence-corrected chi connectivity index (χ4v) is 2.98. The van der Waals surface area contributed by atoms with Gasteiger partial charge in [0.15, 0.2) is 0 Å². The molecular formula is C14H26N2O. The van der Waals surface area contributed by atoms with Gasteiger partial charge in [-0.15, -0.1) is 0 Å². The summed E-state index contributed by atoms with van der Waals surface area (Å²) in [5.41, 5.74) is 0.431. The Morgan fingerprint density at radius 2 is 2.12 bits per heavy atom. The van der Waals surface area contributed by atoms with E-state index in [4.69, 9.17) is 0 Å². The first kappa shape index (κ1) is 12.9. The molecule has 0 bridgehead atoms. The molecule has 0 spiro atoms. The molecule has 1 atom stereocenters. The normalized spacial score (nSPS) is 27.9. The molecule has 98 valence electrons. The van der Waals surface area contributed by atoms with Crippen molar-refractivity contribution in [3.8, 4) is 0 Å². The van der Waals surface area contributed by atoms with Gasteiger partial charge in [0.25, 0.3) is 0 Å². The number of rotatable bonds is 4. The SMILES string of the molecule is CCC1(CNC(=O)C2CCCCCN2)CCC1. The van der Waals surface area contributed by atoms with Gasteiger partial charge in [0, 0.05) is 6.54 Å². The van der Waals surface area contributed by atoms with Crippen molar-refractivity contribution >= 4 is 5.91 Å². The Hall–Kier alpha value is -0.570. The van der Waals surface area contributed by atoms with E-state index in [0.29, 0.717) is 5.41 Å². The van der Waals surface area contributed by atoms with E-state index in [2.05, 4.69) is 17.6 Å². The maximum absolute atomic E-state index is 12.1. The first-order chi connectivity index (χ1) is 8.26. The second-order valence-electron chi connectivity index (χ2n) is 5.78. The van der Waals surface area contributed by atoms with E-state index in [1.807, 2.05) is 0 Å². The predicted octanol–water partition coefficient (Wildman–Crippen LogP) is 2.22. The highest BCUT2D eigenvalue weighted by atomic mass is 16.2. The van der Waals surface area contributed by atoms with Gasteiger partial charge >= 0.3 is 0 Å². The molecule has 2 N–H and O–H groups in total. The van der Waals surface area contributed by atoms with E-state index in [1.54, 1.807) is 0 Å². The van der Waals surface area contributed by atoms with Crippen molar-refractivity contribution in [2.75, 3.05) is 13.1 Å². The zero-order valence-corrected chi connectivity index (χ0v) is 11.1. The fraction of sp³-hybridized carbons (Fsp3) is 0.929. The van der Waals surface area contributed by atoms with Crippen LogP contribution in [0.15, 0.2) is 0 Å². The maximum atomic E-state index is 12.1. The van der Waals surface area contributed by atoms with Crippen LogP contribution in [0.2, 0.25) is 0 Å². The van der Waals surface area contributed by atoms with Crippen molar-refractivity contribution in [3.63, 3.8) is 0 Å². The van der Waals surface area contributed by atoms with Crippen LogP contribution in [0.3, 0.4) is 0 Å². The van der Waals surface area contributed by atoms with Gasteiger partial charge in [-0.2, -0.15) is 0 Å². The summed E-state index contributed by atoms with van der Waals surface area (Å²) < 4.78 is 0. The average Bonchev–Trinajstić information content (AvgIpc) is 2.56. The van der Waals surface area contributed by atoms with Crippen LogP contribution >= 0.6 is 0 Å². The van der Waals surface area contributed by atoms with E-state index in [9.17, 15) is 4.79 Å². The van der Waals surface area contributed by atoms with Crippen LogP contribution in [0.4, 0.5) is 0 Å². The summed E-state index contributed by atoms with van der Waals surface area (Å²) in [5.74, 6) is 0.228. The Kier molecular flexibility index (Phi) is 4.43. The summed E-state index contributed by atoms with van der Waals surface area (Å²) >= 11 is 0. The molecule has 3 nitrogen and oxygen atoms in total. The quantitative estimate of drug-likeness (QED) is 0.788. The second kappa shape index (κ2) is 5.85. The second-order valence-corrected chi connectivity index (χ2v) is 5.78. The molecule has 1 aliphatic heterocycles. The summed E-state index contributed by atoms with van der Waals surface area (Å²) in [6.07, 6.45) is 9.79. The lowest BCUT2D eigenvalue weighted by Gasteiger charge is -2.41. The Bertz CT molecular complexity index is 247. The number of amides is 1. The number of nitrogens with one attached hydrogen (secondary N) is 2. The first-order valence-corrected chi connectivity index (χ1v) is 7.27. The standard InChI is InChI=1S/C14H26N2O/c1-2-14(8-6-9-14)11-16-13(17)12-7-4-3-5-10-15-12/h12,15H,2-11H2,1H3,(H,16,17). The number of hydrogen-bond acceptors (Lipinski definition) is 2. The van der Waals surface area contributed by atoms with Crippen molar-refractivity contribution in [3.05, 3.63) is 0 Å². The van der Waals surface area contributed by atoms with Gasteiger partial charge in [0.2, 0.25) is 5.91 Å². The van der Waals surface area contributed by atoms with Gasteiger partial charge in [-0.1, -0.05) is 26.2 Å². The van der Waals surface area contributed by atoms with Crippen molar-refractivity contribution in [1.29, 1.82) is 0 Å². The molecule has 0 aromatic carbocycles. The summed E-state index contributed by atoms with van der Waals surface area (Å²) in [6, 6.07) is 0.0616. The van der Waals surface area contributed by atoms with Crippen molar-refractivity contribution in [2.45, 2.75) is 64.3 Å². The monoisotopic (exact) mass is 238 g/mol. The van der Waals surface area contributed by atoms with Gasteiger partial charge < -0.3 is 10.6 Å². The minimum absolute atomic E-state index is 0.0616. The molecule has 2 aliphatic rings. The largest absolute Gasteiger partial charge is 0.354 e. The maximum Gasteiger partial charge on any atom is 0.237 e. The zero-order chi connectivity index (χ0) is 12.1. The number of carbonyl (C=O) groups excluding carboxylic acids is 1. The molecule has 0 aromatic rings. The average molecular weight is 238 g/mol. The lowest BCUT2D eigenvalue weighted by atomic mass is 9.67. The Morgan fingerprint density at radius 1 is 1.29 bits per heavy atom. The zero-order valence-electron chi connectivity index (χ0n) is 11.1. The third-order valence-electron chi connectivity index (χ3n) is 4.68. The van der Waals surface area contributed by atoms with Crippen LogP contribution in [0.5, 0.6) is 0 Å². The minimum Gasteiger partial charge on any atom is -0.354 e. The topological polar surface area (TPSA) is 41.1 Å². The number of hydrogen-bond donors (Lipinski definition) is 2. The van der Waals surface area contributed by atoms with Gasteiger partial charge in [0.05, 0.1) is 6.04 Å². The third kappa shape index (κ3) is 3.21. The highest BCUT2D eigenvalue weighted by Crippen LogP contribution is 2.43. The molecule has 0 aromatic heterocycles. The first-order valence-electron chi connectivity index (χ1n) is 7.27. The fourth-order valence-electron chi connectivity index (χ4n) is 2.98. The van der Waals surface area contributed by atoms with Crippen LogP contribution in [0, 0.1) is 5.41 Å². The van der Waals surface area contributed by atoms with E-state index in [-0.39, 0.29) is 11.9 Å². The van der Waals surface area contributed by atoms with Gasteiger partial charge in [-0.3, -0.25) is 4.79 Å². The van der Waals surface area contributed by atoms with E-state index in [0.717, 1.165) is 19.5 Å². The predicted molar refractivity (Wildman–Crippen MR) is 69.8 cm³/mol. The molecule has 2 rings (SSSR count). The summed E-state index contributed by atoms with van der Waals surface area (Å²) in [7, 11) is 0. The molecule has 1 saturated heterocycles. The Balaban J connectivity index is 1.75. The van der Waals surface area contributed by atoms with Crippen LogP contribution in [0.1, 0.15) is 58.3 Å². The van der Waals surface area contributed by atoms with E-state index in [1.165, 1.54) is 44.9 Å². The molecule has 1 saturated carbocycles.